The van der Waals surface area contributed by atoms with Gasteiger partial charge >= 0.3 is 0 Å². The standard InChI is InChI=1S/C12H19FN2/c1-4-15(8-9(2)3)12-6-5-10(13)7-11(12)14/h5-7,9H,4,8,14H2,1-3H3. The molecule has 2 N–H and O–H groups in total. The number of nitrogens with two attached hydrogens (primary N) is 1. The van der Waals surface area contributed by atoms with Crippen LogP contribution in [0.3, 0.4) is 0 Å². The van der Waals surface area contributed by atoms with Gasteiger partial charge in [0.1, 0.15) is 5.82 Å². The summed E-state index contributed by atoms with van der Waals surface area (Å²) in [5.74, 6) is 0.284. The molecule has 0 heterocycles. The molecule has 0 atom stereocenters. The Morgan fingerprint density at radius 3 is 2.53 bits per heavy atom. The first-order valence-corrected chi connectivity index (χ1v) is 5.34. The van der Waals surface area contributed by atoms with Gasteiger partial charge in [-0.25, -0.2) is 4.39 Å². The molecule has 0 amide bonds. The molecule has 0 aliphatic rings. The predicted molar refractivity (Wildman–Crippen MR) is 63.5 cm³/mol. The van der Waals surface area contributed by atoms with Crippen molar-refractivity contribution in [1.82, 2.24) is 0 Å². The molecule has 0 radical (unpaired) electrons. The van der Waals surface area contributed by atoms with Crippen molar-refractivity contribution in [1.29, 1.82) is 0 Å². The van der Waals surface area contributed by atoms with Crippen LogP contribution in [0.4, 0.5) is 15.8 Å². The topological polar surface area (TPSA) is 29.3 Å². The largest absolute Gasteiger partial charge is 0.397 e. The fraction of sp³-hybridized carbons (Fsp3) is 0.500. The first-order valence-electron chi connectivity index (χ1n) is 5.34. The molecule has 0 unspecified atom stereocenters. The van der Waals surface area contributed by atoms with Crippen LogP contribution < -0.4 is 10.6 Å². The summed E-state index contributed by atoms with van der Waals surface area (Å²) in [5.41, 5.74) is 7.23. The second-order valence-electron chi connectivity index (χ2n) is 4.14. The average molecular weight is 210 g/mol. The van der Waals surface area contributed by atoms with Crippen molar-refractivity contribution in [2.75, 3.05) is 23.7 Å². The average Bonchev–Trinajstić information content (AvgIpc) is 2.14. The zero-order valence-corrected chi connectivity index (χ0v) is 9.63. The summed E-state index contributed by atoms with van der Waals surface area (Å²) in [4.78, 5) is 2.17. The van der Waals surface area contributed by atoms with E-state index in [0.717, 1.165) is 18.8 Å². The molecule has 0 spiro atoms. The Morgan fingerprint density at radius 2 is 2.07 bits per heavy atom. The van der Waals surface area contributed by atoms with Crippen molar-refractivity contribution in [3.8, 4) is 0 Å². The molecule has 0 aliphatic heterocycles. The maximum Gasteiger partial charge on any atom is 0.125 e. The molecule has 0 fully saturated rings. The predicted octanol–water partition coefficient (Wildman–Crippen LogP) is 2.89. The van der Waals surface area contributed by atoms with Crippen LogP contribution in [-0.4, -0.2) is 13.1 Å². The molecular weight excluding hydrogens is 191 g/mol. The van der Waals surface area contributed by atoms with Gasteiger partial charge in [0.2, 0.25) is 0 Å². The SMILES string of the molecule is CCN(CC(C)C)c1ccc(F)cc1N. The Balaban J connectivity index is 2.91. The van der Waals surface area contributed by atoms with E-state index in [2.05, 4.69) is 25.7 Å². The lowest BCUT2D eigenvalue weighted by Gasteiger charge is -2.26. The van der Waals surface area contributed by atoms with Crippen LogP contribution in [0.25, 0.3) is 0 Å². The molecule has 84 valence electrons. The lowest BCUT2D eigenvalue weighted by molar-refractivity contribution is 0.615. The number of benzene rings is 1. The quantitative estimate of drug-likeness (QED) is 0.774. The minimum Gasteiger partial charge on any atom is -0.397 e. The first-order chi connectivity index (χ1) is 7.04. The lowest BCUT2D eigenvalue weighted by Crippen LogP contribution is -2.27. The van der Waals surface area contributed by atoms with Gasteiger partial charge in [0.05, 0.1) is 11.4 Å². The van der Waals surface area contributed by atoms with Crippen LogP contribution in [0.5, 0.6) is 0 Å². The van der Waals surface area contributed by atoms with Gasteiger partial charge in [-0.05, 0) is 31.0 Å². The monoisotopic (exact) mass is 210 g/mol. The van der Waals surface area contributed by atoms with Crippen molar-refractivity contribution in [2.24, 2.45) is 5.92 Å². The molecule has 0 aromatic heterocycles. The maximum atomic E-state index is 12.9. The van der Waals surface area contributed by atoms with Crippen LogP contribution in [-0.2, 0) is 0 Å². The Bertz CT molecular complexity index is 323. The second kappa shape index (κ2) is 5.01. The summed E-state index contributed by atoms with van der Waals surface area (Å²) in [6, 6.07) is 4.57. The van der Waals surface area contributed by atoms with Crippen LogP contribution in [0.2, 0.25) is 0 Å². The molecule has 0 saturated carbocycles. The maximum absolute atomic E-state index is 12.9. The van der Waals surface area contributed by atoms with Gasteiger partial charge in [-0.2, -0.15) is 0 Å². The smallest absolute Gasteiger partial charge is 0.125 e. The summed E-state index contributed by atoms with van der Waals surface area (Å²) in [7, 11) is 0. The van der Waals surface area contributed by atoms with E-state index < -0.39 is 0 Å². The minimum atomic E-state index is -0.281. The van der Waals surface area contributed by atoms with E-state index in [1.54, 1.807) is 6.07 Å². The van der Waals surface area contributed by atoms with Crippen molar-refractivity contribution in [2.45, 2.75) is 20.8 Å². The summed E-state index contributed by atoms with van der Waals surface area (Å²) in [5, 5.41) is 0. The van der Waals surface area contributed by atoms with E-state index in [9.17, 15) is 4.39 Å². The van der Waals surface area contributed by atoms with Crippen molar-refractivity contribution >= 4 is 11.4 Å². The van der Waals surface area contributed by atoms with Gasteiger partial charge in [0, 0.05) is 13.1 Å². The molecule has 0 aliphatic carbocycles. The number of hydrogen-bond donors (Lipinski definition) is 1. The summed E-state index contributed by atoms with van der Waals surface area (Å²) >= 11 is 0. The molecule has 1 aromatic rings. The molecule has 1 aromatic carbocycles. The second-order valence-corrected chi connectivity index (χ2v) is 4.14. The van der Waals surface area contributed by atoms with Gasteiger partial charge in [0.25, 0.3) is 0 Å². The molecule has 3 heteroatoms. The summed E-state index contributed by atoms with van der Waals surface area (Å²) < 4.78 is 12.9. The number of hydrogen-bond acceptors (Lipinski definition) is 2. The normalized spacial score (nSPS) is 10.7. The zero-order chi connectivity index (χ0) is 11.4. The first kappa shape index (κ1) is 11.8. The van der Waals surface area contributed by atoms with Crippen LogP contribution in [0.15, 0.2) is 18.2 Å². The zero-order valence-electron chi connectivity index (χ0n) is 9.63. The number of rotatable bonds is 4. The van der Waals surface area contributed by atoms with Crippen molar-refractivity contribution < 1.29 is 4.39 Å². The molecule has 15 heavy (non-hydrogen) atoms. The van der Waals surface area contributed by atoms with E-state index in [0.29, 0.717) is 11.6 Å². The molecular formula is C12H19FN2. The molecule has 1 rings (SSSR count). The Labute approximate surface area is 90.9 Å². The van der Waals surface area contributed by atoms with E-state index in [1.807, 2.05) is 0 Å². The fourth-order valence-corrected chi connectivity index (χ4v) is 1.65. The van der Waals surface area contributed by atoms with Crippen LogP contribution in [0.1, 0.15) is 20.8 Å². The van der Waals surface area contributed by atoms with Gasteiger partial charge in [0.15, 0.2) is 0 Å². The van der Waals surface area contributed by atoms with E-state index in [1.165, 1.54) is 12.1 Å². The van der Waals surface area contributed by atoms with Gasteiger partial charge in [-0.1, -0.05) is 13.8 Å². The third kappa shape index (κ3) is 3.11. The third-order valence-corrected chi connectivity index (χ3v) is 2.30. The number of anilines is 2. The number of nitrogens with zero attached hydrogens (tertiary/aromatic N) is 1. The summed E-state index contributed by atoms with van der Waals surface area (Å²) in [6.07, 6.45) is 0. The van der Waals surface area contributed by atoms with Gasteiger partial charge < -0.3 is 10.6 Å². The molecule has 0 bridgehead atoms. The number of halogens is 1. The minimum absolute atomic E-state index is 0.281. The number of nitrogen functional groups attached to an aromatic ring is 1. The van der Waals surface area contributed by atoms with Crippen molar-refractivity contribution in [3.05, 3.63) is 24.0 Å². The van der Waals surface area contributed by atoms with Gasteiger partial charge in [-0.15, -0.1) is 0 Å². The van der Waals surface area contributed by atoms with E-state index in [4.69, 9.17) is 5.73 Å². The fourth-order valence-electron chi connectivity index (χ4n) is 1.65. The molecule has 0 saturated heterocycles. The highest BCUT2D eigenvalue weighted by Gasteiger charge is 2.09. The highest BCUT2D eigenvalue weighted by molar-refractivity contribution is 5.67. The van der Waals surface area contributed by atoms with E-state index >= 15 is 0 Å². The third-order valence-electron chi connectivity index (χ3n) is 2.30. The Morgan fingerprint density at radius 1 is 1.40 bits per heavy atom. The van der Waals surface area contributed by atoms with Gasteiger partial charge in [-0.3, -0.25) is 0 Å². The van der Waals surface area contributed by atoms with E-state index in [-0.39, 0.29) is 5.82 Å². The Hall–Kier alpha value is -1.25. The Kier molecular flexibility index (Phi) is 3.95. The lowest BCUT2D eigenvalue weighted by atomic mass is 10.1. The van der Waals surface area contributed by atoms with Crippen LogP contribution in [0, 0.1) is 11.7 Å². The highest BCUT2D eigenvalue weighted by Crippen LogP contribution is 2.24. The highest BCUT2D eigenvalue weighted by atomic mass is 19.1. The van der Waals surface area contributed by atoms with Crippen molar-refractivity contribution in [3.63, 3.8) is 0 Å². The van der Waals surface area contributed by atoms with Crippen LogP contribution >= 0.6 is 0 Å². The summed E-state index contributed by atoms with van der Waals surface area (Å²) in [6.45, 7) is 8.20. The molecule has 2 nitrogen and oxygen atoms in total.